The summed E-state index contributed by atoms with van der Waals surface area (Å²) in [5.74, 6) is 1.03. The summed E-state index contributed by atoms with van der Waals surface area (Å²) in [5.41, 5.74) is 0. The highest BCUT2D eigenvalue weighted by atomic mass is 16.5. The minimum atomic E-state index is 0.189. The molecule has 1 aliphatic carbocycles. The van der Waals surface area contributed by atoms with Gasteiger partial charge in [0, 0.05) is 13.7 Å². The van der Waals surface area contributed by atoms with Crippen molar-refractivity contribution in [3.05, 3.63) is 0 Å². The Balaban J connectivity index is 2.19. The summed E-state index contributed by atoms with van der Waals surface area (Å²) in [7, 11) is 1.57. The van der Waals surface area contributed by atoms with Gasteiger partial charge in [0.05, 0.1) is 6.54 Å². The molecular weight excluding hydrogens is 178 g/mol. The van der Waals surface area contributed by atoms with Gasteiger partial charge >= 0.3 is 0 Å². The van der Waals surface area contributed by atoms with E-state index in [0.29, 0.717) is 6.54 Å². The molecule has 3 heteroatoms. The van der Waals surface area contributed by atoms with Crippen LogP contribution in [0.25, 0.3) is 0 Å². The van der Waals surface area contributed by atoms with Crippen molar-refractivity contribution in [3.63, 3.8) is 0 Å². The molecule has 1 saturated carbocycles. The maximum atomic E-state index is 11.3. The molecule has 0 saturated heterocycles. The number of carbonyl (C=O) groups excluding carboxylic acids is 1. The Morgan fingerprint density at radius 1 is 1.50 bits per heavy atom. The number of hydrogen-bond donors (Lipinski definition) is 0. The molecule has 1 aliphatic rings. The van der Waals surface area contributed by atoms with Crippen molar-refractivity contribution in [2.75, 3.05) is 33.4 Å². The lowest BCUT2D eigenvalue weighted by Gasteiger charge is -2.31. The summed E-state index contributed by atoms with van der Waals surface area (Å²) in [5, 5.41) is 0. The van der Waals surface area contributed by atoms with Gasteiger partial charge in [-0.1, -0.05) is 13.3 Å². The van der Waals surface area contributed by atoms with Gasteiger partial charge in [0.15, 0.2) is 5.78 Å². The van der Waals surface area contributed by atoms with Crippen LogP contribution < -0.4 is 0 Å². The second-order valence-corrected chi connectivity index (χ2v) is 4.10. The van der Waals surface area contributed by atoms with Gasteiger partial charge < -0.3 is 4.74 Å². The molecule has 0 aromatic rings. The van der Waals surface area contributed by atoms with Crippen molar-refractivity contribution >= 4 is 5.78 Å². The van der Waals surface area contributed by atoms with Gasteiger partial charge in [-0.05, 0) is 25.3 Å². The van der Waals surface area contributed by atoms with Crippen LogP contribution in [0.1, 0.15) is 26.2 Å². The molecule has 0 N–H and O–H groups in total. The van der Waals surface area contributed by atoms with Crippen molar-refractivity contribution < 1.29 is 9.53 Å². The highest BCUT2D eigenvalue weighted by Crippen LogP contribution is 2.26. The van der Waals surface area contributed by atoms with E-state index in [1.165, 1.54) is 19.3 Å². The van der Waals surface area contributed by atoms with Gasteiger partial charge in [-0.3, -0.25) is 9.69 Å². The van der Waals surface area contributed by atoms with E-state index in [-0.39, 0.29) is 12.4 Å². The second kappa shape index (κ2) is 6.14. The molecule has 0 atom stereocenters. The Hall–Kier alpha value is -0.410. The highest BCUT2D eigenvalue weighted by Gasteiger charge is 2.20. The number of nitrogens with zero attached hydrogens (tertiary/aromatic N) is 1. The summed E-state index contributed by atoms with van der Waals surface area (Å²) in [4.78, 5) is 13.6. The van der Waals surface area contributed by atoms with Crippen LogP contribution in [-0.4, -0.2) is 44.0 Å². The number of hydrogen-bond acceptors (Lipinski definition) is 3. The molecule has 0 unspecified atom stereocenters. The molecule has 0 aliphatic heterocycles. The van der Waals surface area contributed by atoms with Crippen LogP contribution in [0.5, 0.6) is 0 Å². The van der Waals surface area contributed by atoms with Gasteiger partial charge in [0.2, 0.25) is 0 Å². The molecule has 82 valence electrons. The Labute approximate surface area is 86.4 Å². The van der Waals surface area contributed by atoms with E-state index in [1.807, 2.05) is 0 Å². The Bertz CT molecular complexity index is 178. The van der Waals surface area contributed by atoms with Gasteiger partial charge in [-0.25, -0.2) is 0 Å². The molecule has 0 amide bonds. The zero-order valence-corrected chi connectivity index (χ0v) is 9.29. The van der Waals surface area contributed by atoms with Gasteiger partial charge in [-0.2, -0.15) is 0 Å². The first-order valence-electron chi connectivity index (χ1n) is 5.49. The summed E-state index contributed by atoms with van der Waals surface area (Å²) >= 11 is 0. The first-order valence-corrected chi connectivity index (χ1v) is 5.49. The Kier molecular flexibility index (Phi) is 5.12. The van der Waals surface area contributed by atoms with Crippen molar-refractivity contribution in [2.24, 2.45) is 5.92 Å². The number of rotatable bonds is 7. The van der Waals surface area contributed by atoms with Gasteiger partial charge in [0.25, 0.3) is 0 Å². The largest absolute Gasteiger partial charge is 0.377 e. The zero-order valence-electron chi connectivity index (χ0n) is 9.29. The predicted octanol–water partition coefficient (Wildman–Crippen LogP) is 1.32. The molecule has 0 aromatic carbocycles. The first-order chi connectivity index (χ1) is 6.76. The first kappa shape index (κ1) is 11.7. The van der Waals surface area contributed by atoms with Crippen LogP contribution in [0.2, 0.25) is 0 Å². The van der Waals surface area contributed by atoms with Crippen molar-refractivity contribution in [2.45, 2.75) is 26.2 Å². The fraction of sp³-hybridized carbons (Fsp3) is 0.909. The number of Topliss-reactive ketones (excluding diaryl/α,β-unsaturated/α-hetero) is 1. The van der Waals surface area contributed by atoms with Gasteiger partial charge in [0.1, 0.15) is 6.61 Å². The molecule has 0 heterocycles. The van der Waals surface area contributed by atoms with Crippen LogP contribution >= 0.6 is 0 Å². The molecule has 0 bridgehead atoms. The van der Waals surface area contributed by atoms with E-state index >= 15 is 0 Å². The van der Waals surface area contributed by atoms with Crippen LogP contribution in [0.15, 0.2) is 0 Å². The summed E-state index contributed by atoms with van der Waals surface area (Å²) in [6, 6.07) is 0. The van der Waals surface area contributed by atoms with Crippen molar-refractivity contribution in [1.29, 1.82) is 0 Å². The average molecular weight is 199 g/mol. The molecule has 0 aromatic heterocycles. The maximum absolute atomic E-state index is 11.3. The normalized spacial score (nSPS) is 17.1. The van der Waals surface area contributed by atoms with Crippen LogP contribution in [-0.2, 0) is 9.53 Å². The molecular formula is C11H21NO2. The van der Waals surface area contributed by atoms with Crippen LogP contribution in [0, 0.1) is 5.92 Å². The second-order valence-electron chi connectivity index (χ2n) is 4.10. The quantitative estimate of drug-likeness (QED) is 0.619. The van der Waals surface area contributed by atoms with E-state index in [0.717, 1.165) is 19.0 Å². The predicted molar refractivity (Wildman–Crippen MR) is 56.3 cm³/mol. The van der Waals surface area contributed by atoms with E-state index in [2.05, 4.69) is 11.8 Å². The number of ether oxygens (including phenoxy) is 1. The zero-order chi connectivity index (χ0) is 10.4. The topological polar surface area (TPSA) is 29.5 Å². The van der Waals surface area contributed by atoms with Gasteiger partial charge in [-0.15, -0.1) is 0 Å². The monoisotopic (exact) mass is 199 g/mol. The Morgan fingerprint density at radius 3 is 2.64 bits per heavy atom. The van der Waals surface area contributed by atoms with E-state index in [1.54, 1.807) is 7.11 Å². The number of likely N-dealkylation sites (N-methyl/N-ethyl adjacent to an activating group) is 1. The third kappa shape index (κ3) is 3.76. The third-order valence-electron chi connectivity index (χ3n) is 2.89. The fourth-order valence-corrected chi connectivity index (χ4v) is 1.80. The summed E-state index contributed by atoms with van der Waals surface area (Å²) < 4.78 is 4.82. The standard InChI is InChI=1S/C11H21NO2/c1-3-12(7-10-5-4-6-10)8-11(13)9-14-2/h10H,3-9H2,1-2H3. The summed E-state index contributed by atoms with van der Waals surface area (Å²) in [6.45, 7) is 4.97. The lowest BCUT2D eigenvalue weighted by Crippen LogP contribution is -2.37. The molecule has 1 rings (SSSR count). The van der Waals surface area contributed by atoms with E-state index < -0.39 is 0 Å². The average Bonchev–Trinajstić information content (AvgIpc) is 2.09. The maximum Gasteiger partial charge on any atom is 0.172 e. The molecule has 1 fully saturated rings. The number of carbonyl (C=O) groups is 1. The van der Waals surface area contributed by atoms with Crippen LogP contribution in [0.3, 0.4) is 0 Å². The summed E-state index contributed by atoms with van der Waals surface area (Å²) in [6.07, 6.45) is 4.05. The Morgan fingerprint density at radius 2 is 2.21 bits per heavy atom. The minimum Gasteiger partial charge on any atom is -0.377 e. The third-order valence-corrected chi connectivity index (χ3v) is 2.89. The van der Waals surface area contributed by atoms with E-state index in [4.69, 9.17) is 4.74 Å². The lowest BCUT2D eigenvalue weighted by atomic mass is 9.85. The van der Waals surface area contributed by atoms with Crippen LogP contribution in [0.4, 0.5) is 0 Å². The number of methoxy groups -OCH3 is 1. The molecule has 14 heavy (non-hydrogen) atoms. The SMILES string of the molecule is CCN(CC(=O)COC)CC1CCC1. The number of ketones is 1. The lowest BCUT2D eigenvalue weighted by molar-refractivity contribution is -0.124. The minimum absolute atomic E-state index is 0.189. The molecule has 0 spiro atoms. The van der Waals surface area contributed by atoms with Crippen molar-refractivity contribution in [1.82, 2.24) is 4.90 Å². The highest BCUT2D eigenvalue weighted by molar-refractivity contribution is 5.81. The molecule has 3 nitrogen and oxygen atoms in total. The molecule has 0 radical (unpaired) electrons. The van der Waals surface area contributed by atoms with Crippen molar-refractivity contribution in [3.8, 4) is 0 Å². The smallest absolute Gasteiger partial charge is 0.172 e. The van der Waals surface area contributed by atoms with E-state index in [9.17, 15) is 4.79 Å². The fourth-order valence-electron chi connectivity index (χ4n) is 1.80.